The van der Waals surface area contributed by atoms with E-state index in [0.29, 0.717) is 24.6 Å². The molecule has 3 aromatic rings. The molecular weight excluding hydrogens is 436 g/mol. The molecule has 4 rings (SSSR count). The summed E-state index contributed by atoms with van der Waals surface area (Å²) in [5, 5.41) is 13.6. The van der Waals surface area contributed by atoms with Crippen molar-refractivity contribution in [3.8, 4) is 17.3 Å². The molecule has 1 fully saturated rings. The Morgan fingerprint density at radius 3 is 2.94 bits per heavy atom. The van der Waals surface area contributed by atoms with E-state index in [0.717, 1.165) is 39.9 Å². The third kappa shape index (κ3) is 5.22. The number of likely N-dealkylation sites (tertiary alicyclic amines) is 1. The van der Waals surface area contributed by atoms with Gasteiger partial charge in [0.1, 0.15) is 5.60 Å². The van der Waals surface area contributed by atoms with Crippen LogP contribution >= 0.6 is 11.8 Å². The van der Waals surface area contributed by atoms with Crippen LogP contribution in [0, 0.1) is 11.3 Å². The lowest BCUT2D eigenvalue weighted by molar-refractivity contribution is 0.0206. The Bertz CT molecular complexity index is 1210. The highest BCUT2D eigenvalue weighted by molar-refractivity contribution is 7.98. The molecule has 8 nitrogen and oxygen atoms in total. The molecule has 1 unspecified atom stereocenters. The fourth-order valence-corrected chi connectivity index (χ4v) is 4.45. The highest BCUT2D eigenvalue weighted by Gasteiger charge is 2.28. The average Bonchev–Trinajstić information content (AvgIpc) is 3.21. The standard InChI is InChI=1S/C24H28N6O2S/c1-24(2,3)32-23(31)30-9-5-6-16(14-30)28-22-27-13-20(33-4)21(29-22)18-12-26-19-10-15(11-25)7-8-17(18)19/h7-8,10,12-13,16,26H,5-6,9,14H2,1-4H3,(H,27,28,29). The highest BCUT2D eigenvalue weighted by Crippen LogP contribution is 2.34. The molecule has 0 bridgehead atoms. The van der Waals surface area contributed by atoms with Gasteiger partial charge in [0.2, 0.25) is 5.95 Å². The van der Waals surface area contributed by atoms with E-state index < -0.39 is 5.60 Å². The van der Waals surface area contributed by atoms with E-state index in [9.17, 15) is 10.1 Å². The van der Waals surface area contributed by atoms with E-state index in [-0.39, 0.29) is 12.1 Å². The first-order chi connectivity index (χ1) is 15.8. The van der Waals surface area contributed by atoms with E-state index >= 15 is 0 Å². The van der Waals surface area contributed by atoms with Crippen molar-refractivity contribution < 1.29 is 9.53 Å². The Morgan fingerprint density at radius 2 is 2.21 bits per heavy atom. The van der Waals surface area contributed by atoms with E-state index in [1.165, 1.54) is 0 Å². The van der Waals surface area contributed by atoms with Crippen molar-refractivity contribution in [2.24, 2.45) is 0 Å². The van der Waals surface area contributed by atoms with E-state index in [2.05, 4.69) is 21.4 Å². The first-order valence-electron chi connectivity index (χ1n) is 10.9. The van der Waals surface area contributed by atoms with Crippen molar-refractivity contribution in [3.63, 3.8) is 0 Å². The summed E-state index contributed by atoms with van der Waals surface area (Å²) in [7, 11) is 0. The van der Waals surface area contributed by atoms with Gasteiger partial charge in [-0.25, -0.2) is 14.8 Å². The number of carbonyl (C=O) groups is 1. The van der Waals surface area contributed by atoms with Gasteiger partial charge in [-0.15, -0.1) is 11.8 Å². The number of hydrogen-bond donors (Lipinski definition) is 2. The van der Waals surface area contributed by atoms with Gasteiger partial charge in [0, 0.05) is 48.0 Å². The molecule has 3 heterocycles. The van der Waals surface area contributed by atoms with Crippen LogP contribution in [0.4, 0.5) is 10.7 Å². The fourth-order valence-electron chi connectivity index (χ4n) is 3.94. The zero-order valence-electron chi connectivity index (χ0n) is 19.3. The summed E-state index contributed by atoms with van der Waals surface area (Å²) in [5.74, 6) is 0.529. The number of thioether (sulfide) groups is 1. The maximum Gasteiger partial charge on any atom is 0.410 e. The Labute approximate surface area is 197 Å². The van der Waals surface area contributed by atoms with Crippen LogP contribution in [0.15, 0.2) is 35.5 Å². The Balaban J connectivity index is 1.56. The molecule has 33 heavy (non-hydrogen) atoms. The number of nitriles is 1. The number of aromatic nitrogens is 3. The monoisotopic (exact) mass is 464 g/mol. The molecule has 1 aliphatic rings. The smallest absolute Gasteiger partial charge is 0.410 e. The van der Waals surface area contributed by atoms with Crippen LogP contribution in [0.3, 0.4) is 0 Å². The molecule has 2 aromatic heterocycles. The number of amides is 1. The molecule has 1 aromatic carbocycles. The largest absolute Gasteiger partial charge is 0.444 e. The number of rotatable bonds is 4. The van der Waals surface area contributed by atoms with Gasteiger partial charge in [0.05, 0.1) is 22.2 Å². The zero-order valence-corrected chi connectivity index (χ0v) is 20.1. The third-order valence-electron chi connectivity index (χ3n) is 5.45. The molecule has 0 aliphatic carbocycles. The second-order valence-electron chi connectivity index (χ2n) is 9.09. The third-order valence-corrected chi connectivity index (χ3v) is 6.19. The normalized spacial score (nSPS) is 16.5. The summed E-state index contributed by atoms with van der Waals surface area (Å²) in [4.78, 5) is 27.8. The van der Waals surface area contributed by atoms with Gasteiger partial charge >= 0.3 is 6.09 Å². The summed E-state index contributed by atoms with van der Waals surface area (Å²) in [6.07, 6.45) is 7.26. The summed E-state index contributed by atoms with van der Waals surface area (Å²) in [5.41, 5.74) is 2.78. The second-order valence-corrected chi connectivity index (χ2v) is 9.94. The second kappa shape index (κ2) is 9.32. The molecule has 0 radical (unpaired) electrons. The van der Waals surface area contributed by atoms with Crippen LogP contribution in [0.5, 0.6) is 0 Å². The minimum Gasteiger partial charge on any atom is -0.444 e. The van der Waals surface area contributed by atoms with Crippen LogP contribution < -0.4 is 5.32 Å². The predicted molar refractivity (Wildman–Crippen MR) is 130 cm³/mol. The quantitative estimate of drug-likeness (QED) is 0.522. The van der Waals surface area contributed by atoms with Gasteiger partial charge in [-0.1, -0.05) is 6.07 Å². The molecular formula is C24H28N6O2S. The van der Waals surface area contributed by atoms with Gasteiger partial charge in [0.25, 0.3) is 0 Å². The number of benzene rings is 1. The highest BCUT2D eigenvalue weighted by atomic mass is 32.2. The van der Waals surface area contributed by atoms with Crippen LogP contribution in [0.25, 0.3) is 22.2 Å². The number of aromatic amines is 1. The van der Waals surface area contributed by atoms with Crippen molar-refractivity contribution in [2.45, 2.75) is 50.2 Å². The lowest BCUT2D eigenvalue weighted by Gasteiger charge is -2.34. The molecule has 1 aliphatic heterocycles. The topological polar surface area (TPSA) is 107 Å². The minimum atomic E-state index is -0.517. The van der Waals surface area contributed by atoms with Gasteiger partial charge in [-0.05, 0) is 52.0 Å². The average molecular weight is 465 g/mol. The van der Waals surface area contributed by atoms with Crippen LogP contribution in [-0.2, 0) is 4.74 Å². The van der Waals surface area contributed by atoms with Crippen molar-refractivity contribution in [1.82, 2.24) is 19.9 Å². The van der Waals surface area contributed by atoms with Crippen LogP contribution in [0.1, 0.15) is 39.2 Å². The maximum absolute atomic E-state index is 12.5. The zero-order chi connectivity index (χ0) is 23.6. The number of piperidine rings is 1. The van der Waals surface area contributed by atoms with Gasteiger partial charge in [-0.3, -0.25) is 0 Å². The number of fused-ring (bicyclic) bond motifs is 1. The van der Waals surface area contributed by atoms with E-state index in [1.807, 2.05) is 57.6 Å². The minimum absolute atomic E-state index is 0.0420. The maximum atomic E-state index is 12.5. The van der Waals surface area contributed by atoms with Crippen LogP contribution in [0.2, 0.25) is 0 Å². The molecule has 172 valence electrons. The number of nitrogens with zero attached hydrogens (tertiary/aromatic N) is 4. The summed E-state index contributed by atoms with van der Waals surface area (Å²) in [6.45, 7) is 6.85. The number of ether oxygens (including phenoxy) is 1. The molecule has 0 spiro atoms. The van der Waals surface area contributed by atoms with Crippen molar-refractivity contribution in [1.29, 1.82) is 5.26 Å². The lowest BCUT2D eigenvalue weighted by Crippen LogP contribution is -2.47. The van der Waals surface area contributed by atoms with Crippen molar-refractivity contribution in [2.75, 3.05) is 24.7 Å². The molecule has 9 heteroatoms. The lowest BCUT2D eigenvalue weighted by atomic mass is 10.1. The Morgan fingerprint density at radius 1 is 1.39 bits per heavy atom. The van der Waals surface area contributed by atoms with E-state index in [1.54, 1.807) is 16.7 Å². The molecule has 1 saturated heterocycles. The number of carbonyl (C=O) groups excluding carboxylic acids is 1. The Hall–Kier alpha value is -3.25. The summed E-state index contributed by atoms with van der Waals surface area (Å²) < 4.78 is 5.53. The number of H-pyrrole nitrogens is 1. The van der Waals surface area contributed by atoms with Crippen molar-refractivity contribution >= 4 is 34.7 Å². The van der Waals surface area contributed by atoms with Gasteiger partial charge < -0.3 is 19.9 Å². The number of hydrogen-bond acceptors (Lipinski definition) is 7. The predicted octanol–water partition coefficient (Wildman–Crippen LogP) is 5.03. The Kier molecular flexibility index (Phi) is 6.47. The molecule has 1 amide bonds. The van der Waals surface area contributed by atoms with Gasteiger partial charge in [0.15, 0.2) is 0 Å². The van der Waals surface area contributed by atoms with E-state index in [4.69, 9.17) is 9.72 Å². The fraction of sp³-hybridized carbons (Fsp3) is 0.417. The summed E-state index contributed by atoms with van der Waals surface area (Å²) in [6, 6.07) is 7.81. The van der Waals surface area contributed by atoms with Crippen LogP contribution in [-0.4, -0.2) is 56.9 Å². The summed E-state index contributed by atoms with van der Waals surface area (Å²) >= 11 is 1.59. The molecule has 1 atom stereocenters. The number of anilines is 1. The SMILES string of the molecule is CSc1cnc(NC2CCCN(C(=O)OC(C)(C)C)C2)nc1-c1c[nH]c2cc(C#N)ccc12. The first-order valence-corrected chi connectivity index (χ1v) is 12.2. The first kappa shape index (κ1) is 22.9. The van der Waals surface area contributed by atoms with Gasteiger partial charge in [-0.2, -0.15) is 5.26 Å². The molecule has 0 saturated carbocycles. The molecule has 2 N–H and O–H groups in total. The van der Waals surface area contributed by atoms with Crippen molar-refractivity contribution in [3.05, 3.63) is 36.2 Å². The number of nitrogens with one attached hydrogen (secondary N) is 2.